The molecule has 0 bridgehead atoms. The number of hydrogen-bond acceptors (Lipinski definition) is 6. The molecule has 2 heterocycles. The topological polar surface area (TPSA) is 86.4 Å². The molecule has 0 amide bonds. The van der Waals surface area contributed by atoms with Crippen LogP contribution in [0.4, 0.5) is 5.69 Å². The van der Waals surface area contributed by atoms with Crippen LogP contribution in [-0.4, -0.2) is 32.1 Å². The minimum atomic E-state index is -1.52. The van der Waals surface area contributed by atoms with Gasteiger partial charge in [-0.1, -0.05) is 66.7 Å². The Bertz CT molecular complexity index is 1390. The predicted octanol–water partition coefficient (Wildman–Crippen LogP) is 4.99. The van der Waals surface area contributed by atoms with Gasteiger partial charge in [-0.2, -0.15) is 10.5 Å². The van der Waals surface area contributed by atoms with Crippen molar-refractivity contribution in [2.75, 3.05) is 19.1 Å². The molecule has 1 saturated heterocycles. The molecular weight excluding hydrogens is 438 g/mol. The molecule has 0 aliphatic carbocycles. The summed E-state index contributed by atoms with van der Waals surface area (Å²) in [5, 5.41) is 21.1. The fourth-order valence-corrected chi connectivity index (χ4v) is 5.43. The molecule has 3 aromatic carbocycles. The van der Waals surface area contributed by atoms with Crippen LogP contribution in [-0.2, 0) is 0 Å². The molecule has 172 valence electrons. The van der Waals surface area contributed by atoms with E-state index in [0.29, 0.717) is 22.6 Å². The normalized spacial score (nSPS) is 21.3. The number of benzene rings is 3. The first-order valence-corrected chi connectivity index (χ1v) is 11.3. The Hall–Kier alpha value is -4.55. The molecule has 0 aromatic heterocycles. The van der Waals surface area contributed by atoms with Crippen molar-refractivity contribution in [3.63, 3.8) is 0 Å². The number of nitriles is 2. The van der Waals surface area contributed by atoms with E-state index in [-0.39, 0.29) is 5.78 Å². The second-order valence-corrected chi connectivity index (χ2v) is 8.63. The molecule has 6 heteroatoms. The fourth-order valence-electron chi connectivity index (χ4n) is 5.43. The van der Waals surface area contributed by atoms with Gasteiger partial charge in [0.25, 0.3) is 0 Å². The summed E-state index contributed by atoms with van der Waals surface area (Å²) < 4.78 is 10.9. The summed E-state index contributed by atoms with van der Waals surface area (Å²) in [5.74, 6) is 0.114. The average Bonchev–Trinajstić information content (AvgIpc) is 3.23. The summed E-state index contributed by atoms with van der Waals surface area (Å²) in [6.45, 7) is 0. The average molecular weight is 462 g/mol. The molecule has 0 spiro atoms. The molecule has 2 aliphatic rings. The van der Waals surface area contributed by atoms with Gasteiger partial charge in [0.2, 0.25) is 0 Å². The van der Waals surface area contributed by atoms with Crippen LogP contribution >= 0.6 is 0 Å². The van der Waals surface area contributed by atoms with Crippen molar-refractivity contribution in [3.05, 3.63) is 95.6 Å². The molecule has 0 radical (unpaired) electrons. The van der Waals surface area contributed by atoms with Crippen LogP contribution in [0.25, 0.3) is 6.08 Å². The predicted molar refractivity (Wildman–Crippen MR) is 132 cm³/mol. The highest BCUT2D eigenvalue weighted by Gasteiger charge is 2.63. The number of Topliss-reactive ketones (excluding diaryl/α,β-unsaturated/α-hetero) is 1. The van der Waals surface area contributed by atoms with Gasteiger partial charge >= 0.3 is 0 Å². The quantitative estimate of drug-likeness (QED) is 0.498. The Labute approximate surface area is 204 Å². The van der Waals surface area contributed by atoms with Crippen LogP contribution in [0, 0.1) is 28.1 Å². The van der Waals surface area contributed by atoms with Crippen LogP contribution in [0.15, 0.2) is 78.9 Å². The van der Waals surface area contributed by atoms with Gasteiger partial charge in [0, 0.05) is 17.2 Å². The maximum atomic E-state index is 14.2. The van der Waals surface area contributed by atoms with E-state index < -0.39 is 23.4 Å². The summed E-state index contributed by atoms with van der Waals surface area (Å²) in [7, 11) is 3.08. The third-order valence-corrected chi connectivity index (χ3v) is 7.01. The molecule has 1 fully saturated rings. The lowest BCUT2D eigenvalue weighted by atomic mass is 9.69. The molecule has 0 unspecified atom stereocenters. The number of ketones is 1. The van der Waals surface area contributed by atoms with E-state index in [0.717, 1.165) is 11.3 Å². The summed E-state index contributed by atoms with van der Waals surface area (Å²) in [6, 6.07) is 25.4. The molecule has 3 atom stereocenters. The highest BCUT2D eigenvalue weighted by molar-refractivity contribution is 6.04. The highest BCUT2D eigenvalue weighted by Crippen LogP contribution is 2.56. The van der Waals surface area contributed by atoms with E-state index in [1.807, 2.05) is 65.6 Å². The van der Waals surface area contributed by atoms with Crippen molar-refractivity contribution in [1.29, 1.82) is 10.5 Å². The van der Waals surface area contributed by atoms with Crippen molar-refractivity contribution in [2.45, 2.75) is 18.0 Å². The number of para-hydroxylation sites is 1. The Balaban J connectivity index is 1.79. The van der Waals surface area contributed by atoms with Crippen molar-refractivity contribution in [3.8, 4) is 23.6 Å². The zero-order valence-electron chi connectivity index (χ0n) is 19.4. The first kappa shape index (κ1) is 22.3. The Morgan fingerprint density at radius 1 is 0.914 bits per heavy atom. The van der Waals surface area contributed by atoms with Gasteiger partial charge in [-0.15, -0.1) is 0 Å². The van der Waals surface area contributed by atoms with Gasteiger partial charge < -0.3 is 14.4 Å². The zero-order chi connectivity index (χ0) is 24.6. The van der Waals surface area contributed by atoms with E-state index in [4.69, 9.17) is 9.47 Å². The standard InChI is InChI=1S/C29H23N3O3/c1-34-23-14-12-21(16-24(23)35-2)26-27(28(33)20-9-4-3-5-10-20)32-22-11-7-6-8-19(22)13-15-25(32)29(26,17-30)18-31/h3-16,25-27H,1-2H3/t25-,26-,27-/m1/s1. The summed E-state index contributed by atoms with van der Waals surface area (Å²) in [5.41, 5.74) is 1.44. The first-order chi connectivity index (χ1) is 17.1. The number of ether oxygens (including phenoxy) is 2. The number of nitrogens with zero attached hydrogens (tertiary/aromatic N) is 3. The number of carbonyl (C=O) groups excluding carboxylic acids is 1. The minimum absolute atomic E-state index is 0.145. The van der Waals surface area contributed by atoms with Crippen molar-refractivity contribution in [2.24, 2.45) is 5.41 Å². The van der Waals surface area contributed by atoms with Crippen LogP contribution in [0.3, 0.4) is 0 Å². The zero-order valence-corrected chi connectivity index (χ0v) is 19.4. The van der Waals surface area contributed by atoms with Gasteiger partial charge in [0.05, 0.1) is 32.4 Å². The van der Waals surface area contributed by atoms with E-state index in [2.05, 4.69) is 12.1 Å². The number of fused-ring (bicyclic) bond motifs is 3. The Kier molecular flexibility index (Phi) is 5.51. The molecular formula is C29H23N3O3. The summed E-state index contributed by atoms with van der Waals surface area (Å²) in [6.07, 6.45) is 3.81. The monoisotopic (exact) mass is 461 g/mol. The van der Waals surface area contributed by atoms with E-state index in [1.54, 1.807) is 31.4 Å². The SMILES string of the molecule is COc1ccc([C@@H]2[C@H](C(=O)c3ccccc3)N3c4ccccc4C=C[C@@H]3C2(C#N)C#N)cc1OC. The largest absolute Gasteiger partial charge is 0.493 e. The van der Waals surface area contributed by atoms with Crippen molar-refractivity contribution >= 4 is 17.5 Å². The third-order valence-electron chi connectivity index (χ3n) is 7.01. The molecule has 0 saturated carbocycles. The first-order valence-electron chi connectivity index (χ1n) is 11.3. The summed E-state index contributed by atoms with van der Waals surface area (Å²) >= 11 is 0. The summed E-state index contributed by atoms with van der Waals surface area (Å²) in [4.78, 5) is 16.1. The molecule has 5 rings (SSSR count). The van der Waals surface area contributed by atoms with Crippen LogP contribution in [0.1, 0.15) is 27.4 Å². The van der Waals surface area contributed by atoms with Gasteiger partial charge in [0.15, 0.2) is 22.7 Å². The van der Waals surface area contributed by atoms with E-state index in [9.17, 15) is 15.3 Å². The maximum absolute atomic E-state index is 14.2. The van der Waals surface area contributed by atoms with Crippen LogP contribution in [0.2, 0.25) is 0 Å². The number of methoxy groups -OCH3 is 2. The lowest BCUT2D eigenvalue weighted by Crippen LogP contribution is -2.44. The number of rotatable bonds is 5. The molecule has 3 aromatic rings. The maximum Gasteiger partial charge on any atom is 0.185 e. The molecule has 0 N–H and O–H groups in total. The fraction of sp³-hybridized carbons (Fsp3) is 0.207. The van der Waals surface area contributed by atoms with Gasteiger partial charge in [-0.25, -0.2) is 0 Å². The molecule has 6 nitrogen and oxygen atoms in total. The molecule has 35 heavy (non-hydrogen) atoms. The lowest BCUT2D eigenvalue weighted by molar-refractivity contribution is 0.0951. The minimum Gasteiger partial charge on any atom is -0.493 e. The number of carbonyl (C=O) groups is 1. The van der Waals surface area contributed by atoms with E-state index >= 15 is 0 Å². The van der Waals surface area contributed by atoms with Crippen LogP contribution in [0.5, 0.6) is 11.5 Å². The molecule has 2 aliphatic heterocycles. The van der Waals surface area contributed by atoms with Gasteiger partial charge in [0.1, 0.15) is 6.04 Å². The van der Waals surface area contributed by atoms with Gasteiger partial charge in [-0.3, -0.25) is 4.79 Å². The highest BCUT2D eigenvalue weighted by atomic mass is 16.5. The van der Waals surface area contributed by atoms with Crippen molar-refractivity contribution in [1.82, 2.24) is 0 Å². The van der Waals surface area contributed by atoms with Gasteiger partial charge in [-0.05, 0) is 29.3 Å². The third kappa shape index (κ3) is 3.26. The van der Waals surface area contributed by atoms with E-state index in [1.165, 1.54) is 7.11 Å². The number of hydrogen-bond donors (Lipinski definition) is 0. The second-order valence-electron chi connectivity index (χ2n) is 8.63. The lowest BCUT2D eigenvalue weighted by Gasteiger charge is -2.35. The second kappa shape index (κ2) is 8.66. The Morgan fingerprint density at radius 3 is 2.29 bits per heavy atom. The number of anilines is 1. The smallest absolute Gasteiger partial charge is 0.185 e. The van der Waals surface area contributed by atoms with Crippen LogP contribution < -0.4 is 14.4 Å². The van der Waals surface area contributed by atoms with Crippen molar-refractivity contribution < 1.29 is 14.3 Å². The Morgan fingerprint density at radius 2 is 1.60 bits per heavy atom.